The second-order valence-electron chi connectivity index (χ2n) is 6.66. The Hall–Kier alpha value is -1.21. The molecule has 2 atom stereocenters. The van der Waals surface area contributed by atoms with E-state index in [0.717, 1.165) is 0 Å². The quantitative estimate of drug-likeness (QED) is 0.600. The van der Waals surface area contributed by atoms with E-state index in [2.05, 4.69) is 9.71 Å². The molecule has 0 amide bonds. The first-order chi connectivity index (χ1) is 12.1. The van der Waals surface area contributed by atoms with Crippen LogP contribution < -0.4 is 9.46 Å². The molecule has 0 fully saturated rings. The molecule has 0 radical (unpaired) electrons. The first-order valence-corrected chi connectivity index (χ1v) is 9.99. The summed E-state index contributed by atoms with van der Waals surface area (Å²) in [5.41, 5.74) is 0.338. The third-order valence-electron chi connectivity index (χ3n) is 3.59. The van der Waals surface area contributed by atoms with Gasteiger partial charge in [0.05, 0.1) is 20.8 Å². The zero-order valence-electron chi connectivity index (χ0n) is 15.0. The highest BCUT2D eigenvalue weighted by molar-refractivity contribution is 7.84. The van der Waals surface area contributed by atoms with Crippen LogP contribution in [0.3, 0.4) is 0 Å². The lowest BCUT2D eigenvalue weighted by Gasteiger charge is -2.24. The number of benzene rings is 1. The minimum atomic E-state index is -1.35. The van der Waals surface area contributed by atoms with Gasteiger partial charge in [-0.05, 0) is 39.3 Å². The van der Waals surface area contributed by atoms with E-state index in [1.165, 1.54) is 12.3 Å². The molecule has 4 nitrogen and oxygen atoms in total. The number of pyridine rings is 1. The lowest BCUT2D eigenvalue weighted by Crippen LogP contribution is -2.35. The van der Waals surface area contributed by atoms with Crippen molar-refractivity contribution >= 4 is 34.2 Å². The molecule has 2 aromatic rings. The molecule has 1 N–H and O–H groups in total. The Labute approximate surface area is 165 Å². The van der Waals surface area contributed by atoms with E-state index in [4.69, 9.17) is 27.9 Å². The minimum absolute atomic E-state index is 0.103. The first-order valence-electron chi connectivity index (χ1n) is 8.08. The van der Waals surface area contributed by atoms with Gasteiger partial charge in [0.2, 0.25) is 0 Å². The van der Waals surface area contributed by atoms with Crippen LogP contribution in [0, 0.1) is 5.82 Å². The van der Waals surface area contributed by atoms with Crippen LogP contribution in [0.1, 0.15) is 45.7 Å². The number of hydrogen-bond acceptors (Lipinski definition) is 3. The van der Waals surface area contributed by atoms with Crippen LogP contribution >= 0.6 is 23.2 Å². The molecule has 0 saturated heterocycles. The van der Waals surface area contributed by atoms with Crippen LogP contribution in [0.2, 0.25) is 10.2 Å². The number of ether oxygens (including phenoxy) is 1. The van der Waals surface area contributed by atoms with Crippen molar-refractivity contribution in [3.63, 3.8) is 0 Å². The molecule has 0 bridgehead atoms. The summed E-state index contributed by atoms with van der Waals surface area (Å²) in [4.78, 5) is 3.86. The van der Waals surface area contributed by atoms with Crippen molar-refractivity contribution in [2.24, 2.45) is 0 Å². The monoisotopic (exact) mass is 418 g/mol. The summed E-state index contributed by atoms with van der Waals surface area (Å²) < 4.78 is 35.6. The molecule has 26 heavy (non-hydrogen) atoms. The largest absolute Gasteiger partial charge is 0.453 e. The second-order valence-corrected chi connectivity index (χ2v) is 9.45. The Morgan fingerprint density at radius 3 is 2.58 bits per heavy atom. The number of rotatable bonds is 6. The second kappa shape index (κ2) is 8.65. The molecule has 0 saturated carbocycles. The van der Waals surface area contributed by atoms with E-state index in [1.54, 1.807) is 18.2 Å². The van der Waals surface area contributed by atoms with Gasteiger partial charge in [0, 0.05) is 23.9 Å². The van der Waals surface area contributed by atoms with Gasteiger partial charge in [-0.15, -0.1) is 0 Å². The third kappa shape index (κ3) is 5.16. The summed E-state index contributed by atoms with van der Waals surface area (Å²) in [6.07, 6.45) is 2.00. The molecule has 0 unspecified atom stereocenters. The highest BCUT2D eigenvalue weighted by Crippen LogP contribution is 2.37. The SMILES string of the molecule is CC[C@@H](N[S@](=O)C(C)(C)C)c1ccc(Cl)c(Oc2ccnc(Cl)c2)c1F. The van der Waals surface area contributed by atoms with E-state index < -0.39 is 27.6 Å². The van der Waals surface area contributed by atoms with Crippen LogP contribution in [0.25, 0.3) is 0 Å². The maximum atomic E-state index is 15.1. The number of aromatic nitrogens is 1. The summed E-state index contributed by atoms with van der Waals surface area (Å²) in [6.45, 7) is 7.43. The number of nitrogens with zero attached hydrogens (tertiary/aromatic N) is 1. The number of nitrogens with one attached hydrogen (secondary N) is 1. The summed E-state index contributed by atoms with van der Waals surface area (Å²) in [6, 6.07) is 5.70. The minimum Gasteiger partial charge on any atom is -0.453 e. The smallest absolute Gasteiger partial charge is 0.181 e. The predicted molar refractivity (Wildman–Crippen MR) is 105 cm³/mol. The predicted octanol–water partition coefficient (Wildman–Crippen LogP) is 5.82. The van der Waals surface area contributed by atoms with Crippen molar-refractivity contribution in [3.8, 4) is 11.5 Å². The van der Waals surface area contributed by atoms with E-state index >= 15 is 4.39 Å². The topological polar surface area (TPSA) is 51.2 Å². The molecule has 142 valence electrons. The van der Waals surface area contributed by atoms with Gasteiger partial charge in [0.1, 0.15) is 10.9 Å². The molecule has 1 aromatic carbocycles. The lowest BCUT2D eigenvalue weighted by atomic mass is 10.0. The van der Waals surface area contributed by atoms with Gasteiger partial charge < -0.3 is 4.74 Å². The summed E-state index contributed by atoms with van der Waals surface area (Å²) in [5.74, 6) is -0.383. The van der Waals surface area contributed by atoms with Crippen LogP contribution in [-0.4, -0.2) is 13.9 Å². The Morgan fingerprint density at radius 2 is 2.00 bits per heavy atom. The van der Waals surface area contributed by atoms with Crippen molar-refractivity contribution in [1.82, 2.24) is 9.71 Å². The molecule has 0 aliphatic carbocycles. The van der Waals surface area contributed by atoms with Gasteiger partial charge in [-0.25, -0.2) is 18.3 Å². The molecule has 0 aliphatic rings. The molecule has 0 spiro atoms. The van der Waals surface area contributed by atoms with Gasteiger partial charge in [-0.2, -0.15) is 0 Å². The molecule has 1 heterocycles. The summed E-state index contributed by atoms with van der Waals surface area (Å²) in [5, 5.41) is 0.356. The van der Waals surface area contributed by atoms with Crippen LogP contribution in [0.4, 0.5) is 4.39 Å². The fraction of sp³-hybridized carbons (Fsp3) is 0.389. The van der Waals surface area contributed by atoms with Gasteiger partial charge >= 0.3 is 0 Å². The Bertz CT molecular complexity index is 812. The van der Waals surface area contributed by atoms with Crippen LogP contribution in [-0.2, 0) is 11.0 Å². The van der Waals surface area contributed by atoms with E-state index in [1.807, 2.05) is 27.7 Å². The van der Waals surface area contributed by atoms with E-state index in [0.29, 0.717) is 17.7 Å². The third-order valence-corrected chi connectivity index (χ3v) is 5.70. The Morgan fingerprint density at radius 1 is 1.31 bits per heavy atom. The Kier molecular flexibility index (Phi) is 7.02. The molecular formula is C18H21Cl2FN2O2S. The van der Waals surface area contributed by atoms with Gasteiger partial charge in [-0.3, -0.25) is 0 Å². The van der Waals surface area contributed by atoms with E-state index in [-0.39, 0.29) is 15.9 Å². The fourth-order valence-electron chi connectivity index (χ4n) is 2.15. The van der Waals surface area contributed by atoms with Crippen molar-refractivity contribution in [3.05, 3.63) is 52.0 Å². The van der Waals surface area contributed by atoms with Crippen molar-refractivity contribution < 1.29 is 13.3 Å². The van der Waals surface area contributed by atoms with Crippen molar-refractivity contribution in [2.45, 2.75) is 44.9 Å². The average Bonchev–Trinajstić information content (AvgIpc) is 2.56. The average molecular weight is 419 g/mol. The maximum absolute atomic E-state index is 15.1. The van der Waals surface area contributed by atoms with E-state index in [9.17, 15) is 4.21 Å². The maximum Gasteiger partial charge on any atom is 0.181 e. The zero-order valence-corrected chi connectivity index (χ0v) is 17.3. The highest BCUT2D eigenvalue weighted by Gasteiger charge is 2.26. The summed E-state index contributed by atoms with van der Waals surface area (Å²) >= 11 is 12.0. The van der Waals surface area contributed by atoms with Crippen LogP contribution in [0.5, 0.6) is 11.5 Å². The van der Waals surface area contributed by atoms with Gasteiger partial charge in [0.25, 0.3) is 0 Å². The van der Waals surface area contributed by atoms with Crippen LogP contribution in [0.15, 0.2) is 30.5 Å². The molecule has 8 heteroatoms. The lowest BCUT2D eigenvalue weighted by molar-refractivity contribution is 0.432. The Balaban J connectivity index is 2.36. The molecule has 2 rings (SSSR count). The van der Waals surface area contributed by atoms with Crippen molar-refractivity contribution in [2.75, 3.05) is 0 Å². The number of halogens is 3. The molecule has 1 aromatic heterocycles. The molecule has 0 aliphatic heterocycles. The normalized spacial score (nSPS) is 14.1. The van der Waals surface area contributed by atoms with Gasteiger partial charge in [0.15, 0.2) is 11.6 Å². The summed E-state index contributed by atoms with van der Waals surface area (Å²) in [7, 11) is -1.35. The zero-order chi connectivity index (χ0) is 19.5. The standard InChI is InChI=1S/C18H21Cl2FN2O2S/c1-5-14(23-26(24)18(2,3)4)12-6-7-13(19)17(16(12)21)25-11-8-9-22-15(20)10-11/h6-10,14,23H,5H2,1-4H3/t14-,26-/m1/s1. The number of hydrogen-bond donors (Lipinski definition) is 1. The fourth-order valence-corrected chi connectivity index (χ4v) is 3.40. The van der Waals surface area contributed by atoms with Gasteiger partial charge in [-0.1, -0.05) is 36.2 Å². The molecular weight excluding hydrogens is 398 g/mol. The first kappa shape index (κ1) is 21.1. The highest BCUT2D eigenvalue weighted by atomic mass is 35.5. The van der Waals surface area contributed by atoms with Crippen molar-refractivity contribution in [1.29, 1.82) is 0 Å².